The van der Waals surface area contributed by atoms with Gasteiger partial charge in [-0.15, -0.1) is 0 Å². The monoisotopic (exact) mass is 376 g/mol. The number of amides is 1. The Morgan fingerprint density at radius 1 is 1.33 bits per heavy atom. The van der Waals surface area contributed by atoms with Gasteiger partial charge in [0.05, 0.1) is 20.8 Å². The second kappa shape index (κ2) is 10.0. The van der Waals surface area contributed by atoms with Crippen molar-refractivity contribution in [3.8, 4) is 11.5 Å². The Hall–Kier alpha value is -2.44. The molecule has 0 spiro atoms. The quantitative estimate of drug-likeness (QED) is 0.562. The second-order valence-corrected chi connectivity index (χ2v) is 6.92. The summed E-state index contributed by atoms with van der Waals surface area (Å²) in [5.74, 6) is 2.38. The maximum absolute atomic E-state index is 12.2. The zero-order valence-electron chi connectivity index (χ0n) is 17.0. The highest BCUT2D eigenvalue weighted by Gasteiger charge is 2.28. The molecule has 1 amide bonds. The van der Waals surface area contributed by atoms with Crippen LogP contribution in [0, 0.1) is 5.92 Å². The second-order valence-electron chi connectivity index (χ2n) is 6.92. The minimum Gasteiger partial charge on any atom is -0.493 e. The van der Waals surface area contributed by atoms with Crippen molar-refractivity contribution in [2.45, 2.75) is 39.8 Å². The number of ether oxygens (including phenoxy) is 2. The molecule has 1 heterocycles. The molecule has 1 unspecified atom stereocenters. The molecule has 2 rings (SSSR count). The summed E-state index contributed by atoms with van der Waals surface area (Å²) in [6.07, 6.45) is 0.922. The third-order valence-electron chi connectivity index (χ3n) is 4.57. The summed E-state index contributed by atoms with van der Waals surface area (Å²) in [6, 6.07) is 5.98. The molecule has 1 aromatic carbocycles. The molecule has 0 saturated carbocycles. The van der Waals surface area contributed by atoms with E-state index in [1.54, 1.807) is 14.2 Å². The summed E-state index contributed by atoms with van der Waals surface area (Å²) >= 11 is 0. The largest absolute Gasteiger partial charge is 0.493 e. The highest BCUT2D eigenvalue weighted by Crippen LogP contribution is 2.31. The van der Waals surface area contributed by atoms with E-state index < -0.39 is 0 Å². The molecule has 0 bridgehead atoms. The van der Waals surface area contributed by atoms with Gasteiger partial charge in [0.2, 0.25) is 5.91 Å². The summed E-state index contributed by atoms with van der Waals surface area (Å²) in [5, 5.41) is 6.73. The van der Waals surface area contributed by atoms with Crippen molar-refractivity contribution >= 4 is 11.9 Å². The summed E-state index contributed by atoms with van der Waals surface area (Å²) in [6.45, 7) is 8.65. The lowest BCUT2D eigenvalue weighted by Crippen LogP contribution is -2.45. The van der Waals surface area contributed by atoms with Crippen molar-refractivity contribution in [1.29, 1.82) is 0 Å². The molecule has 1 atom stereocenters. The van der Waals surface area contributed by atoms with Gasteiger partial charge in [0.1, 0.15) is 0 Å². The first-order valence-electron chi connectivity index (χ1n) is 9.53. The zero-order valence-corrected chi connectivity index (χ0v) is 17.0. The van der Waals surface area contributed by atoms with E-state index in [4.69, 9.17) is 14.5 Å². The van der Waals surface area contributed by atoms with Crippen LogP contribution < -0.4 is 20.1 Å². The number of aliphatic imine (C=N–C) groups is 1. The standard InChI is InChI=1S/C20H32N4O3/c1-6-21-20(23-16-10-11-24(13-16)19(25)14(2)3)22-12-15-8-7-9-17(26-4)18(15)27-5/h7-9,14,16H,6,10-13H2,1-5H3,(H2,21,22,23). The highest BCUT2D eigenvalue weighted by molar-refractivity contribution is 5.81. The SMILES string of the molecule is CCNC(=NCc1cccc(OC)c1OC)NC1CCN(C(=O)C(C)C)C1. The molecule has 1 aliphatic rings. The Labute approximate surface area is 162 Å². The summed E-state index contributed by atoms with van der Waals surface area (Å²) in [4.78, 5) is 18.8. The van der Waals surface area contributed by atoms with E-state index >= 15 is 0 Å². The molecule has 7 nitrogen and oxygen atoms in total. The summed E-state index contributed by atoms with van der Waals surface area (Å²) in [7, 11) is 3.26. The van der Waals surface area contributed by atoms with Crippen LogP contribution in [0.5, 0.6) is 11.5 Å². The number of hydrogen-bond acceptors (Lipinski definition) is 4. The molecule has 1 aliphatic heterocycles. The number of benzene rings is 1. The number of para-hydroxylation sites is 1. The van der Waals surface area contributed by atoms with E-state index in [9.17, 15) is 4.79 Å². The van der Waals surface area contributed by atoms with E-state index in [1.165, 1.54) is 0 Å². The Balaban J connectivity index is 2.04. The van der Waals surface area contributed by atoms with Crippen molar-refractivity contribution in [2.24, 2.45) is 10.9 Å². The molecule has 27 heavy (non-hydrogen) atoms. The molecular formula is C20H32N4O3. The van der Waals surface area contributed by atoms with Crippen molar-refractivity contribution in [3.63, 3.8) is 0 Å². The predicted molar refractivity (Wildman–Crippen MR) is 107 cm³/mol. The Morgan fingerprint density at radius 2 is 2.11 bits per heavy atom. The van der Waals surface area contributed by atoms with Gasteiger partial charge in [0.15, 0.2) is 17.5 Å². The lowest BCUT2D eigenvalue weighted by atomic mass is 10.2. The zero-order chi connectivity index (χ0) is 19.8. The number of rotatable bonds is 7. The average molecular weight is 377 g/mol. The first kappa shape index (κ1) is 20.9. The molecule has 0 aliphatic carbocycles. The first-order chi connectivity index (χ1) is 13.0. The molecule has 1 fully saturated rings. The number of guanidine groups is 1. The van der Waals surface area contributed by atoms with Crippen molar-refractivity contribution in [2.75, 3.05) is 33.9 Å². The minimum atomic E-state index is 0.0335. The molecule has 0 aromatic heterocycles. The molecule has 2 N–H and O–H groups in total. The normalized spacial score (nSPS) is 17.2. The van der Waals surface area contributed by atoms with Crippen LogP contribution in [0.25, 0.3) is 0 Å². The number of nitrogens with one attached hydrogen (secondary N) is 2. The van der Waals surface area contributed by atoms with Crippen molar-refractivity contribution in [1.82, 2.24) is 15.5 Å². The van der Waals surface area contributed by atoms with Crippen LogP contribution in [-0.2, 0) is 11.3 Å². The molecule has 7 heteroatoms. The van der Waals surface area contributed by atoms with Crippen molar-refractivity contribution in [3.05, 3.63) is 23.8 Å². The molecular weight excluding hydrogens is 344 g/mol. The Kier molecular flexibility index (Phi) is 7.76. The van der Waals surface area contributed by atoms with Crippen LogP contribution in [0.15, 0.2) is 23.2 Å². The molecule has 150 valence electrons. The number of carbonyl (C=O) groups excluding carboxylic acids is 1. The fraction of sp³-hybridized carbons (Fsp3) is 0.600. The average Bonchev–Trinajstić information content (AvgIpc) is 3.13. The van der Waals surface area contributed by atoms with Crippen LogP contribution >= 0.6 is 0 Å². The summed E-state index contributed by atoms with van der Waals surface area (Å²) < 4.78 is 10.8. The van der Waals surface area contributed by atoms with Gasteiger partial charge in [0.25, 0.3) is 0 Å². The number of methoxy groups -OCH3 is 2. The smallest absolute Gasteiger partial charge is 0.225 e. The minimum absolute atomic E-state index is 0.0335. The van der Waals surface area contributed by atoms with Gasteiger partial charge in [-0.3, -0.25) is 4.79 Å². The van der Waals surface area contributed by atoms with E-state index in [1.807, 2.05) is 43.9 Å². The topological polar surface area (TPSA) is 75.2 Å². The van der Waals surface area contributed by atoms with Gasteiger partial charge in [-0.05, 0) is 19.4 Å². The van der Waals surface area contributed by atoms with Crippen LogP contribution in [-0.4, -0.2) is 56.7 Å². The number of nitrogens with zero attached hydrogens (tertiary/aromatic N) is 2. The molecule has 0 radical (unpaired) electrons. The maximum Gasteiger partial charge on any atom is 0.225 e. The predicted octanol–water partition coefficient (Wildman–Crippen LogP) is 2.02. The molecule has 1 aromatic rings. The fourth-order valence-electron chi connectivity index (χ4n) is 3.20. The summed E-state index contributed by atoms with van der Waals surface area (Å²) in [5.41, 5.74) is 0.956. The third-order valence-corrected chi connectivity index (χ3v) is 4.57. The number of hydrogen-bond donors (Lipinski definition) is 2. The maximum atomic E-state index is 12.2. The fourth-order valence-corrected chi connectivity index (χ4v) is 3.20. The van der Waals surface area contributed by atoms with E-state index in [0.29, 0.717) is 24.6 Å². The van der Waals surface area contributed by atoms with Crippen LogP contribution in [0.2, 0.25) is 0 Å². The number of likely N-dealkylation sites (tertiary alicyclic amines) is 1. The molecule has 1 saturated heterocycles. The van der Waals surface area contributed by atoms with Crippen LogP contribution in [0.1, 0.15) is 32.8 Å². The first-order valence-corrected chi connectivity index (χ1v) is 9.53. The van der Waals surface area contributed by atoms with Crippen LogP contribution in [0.4, 0.5) is 0 Å². The van der Waals surface area contributed by atoms with Gasteiger partial charge in [0, 0.05) is 37.2 Å². The Morgan fingerprint density at radius 3 is 2.74 bits per heavy atom. The van der Waals surface area contributed by atoms with Gasteiger partial charge in [-0.1, -0.05) is 26.0 Å². The lowest BCUT2D eigenvalue weighted by molar-refractivity contribution is -0.133. The van der Waals surface area contributed by atoms with E-state index in [0.717, 1.165) is 31.0 Å². The van der Waals surface area contributed by atoms with Gasteiger partial charge in [-0.25, -0.2) is 4.99 Å². The third kappa shape index (κ3) is 5.52. The van der Waals surface area contributed by atoms with Gasteiger partial charge >= 0.3 is 0 Å². The van der Waals surface area contributed by atoms with E-state index in [-0.39, 0.29) is 17.9 Å². The van der Waals surface area contributed by atoms with Crippen LogP contribution in [0.3, 0.4) is 0 Å². The van der Waals surface area contributed by atoms with E-state index in [2.05, 4.69) is 10.6 Å². The number of carbonyl (C=O) groups is 1. The highest BCUT2D eigenvalue weighted by atomic mass is 16.5. The van der Waals surface area contributed by atoms with Crippen molar-refractivity contribution < 1.29 is 14.3 Å². The van der Waals surface area contributed by atoms with Gasteiger partial charge in [-0.2, -0.15) is 0 Å². The van der Waals surface area contributed by atoms with Gasteiger partial charge < -0.3 is 25.0 Å². The lowest BCUT2D eigenvalue weighted by Gasteiger charge is -2.20. The Bertz CT molecular complexity index is 661.